The Bertz CT molecular complexity index is 593. The van der Waals surface area contributed by atoms with Crippen molar-refractivity contribution < 1.29 is 9.21 Å². The number of H-pyrrole nitrogens is 1. The summed E-state index contributed by atoms with van der Waals surface area (Å²) in [5.41, 5.74) is 1.39. The fraction of sp³-hybridized carbons (Fsp3) is 0.667. The average molecular weight is 291 g/mol. The quantitative estimate of drug-likeness (QED) is 0.843. The van der Waals surface area contributed by atoms with Gasteiger partial charge in [0.25, 0.3) is 0 Å². The fourth-order valence-corrected chi connectivity index (χ4v) is 3.21. The van der Waals surface area contributed by atoms with Crippen LogP contribution in [0.3, 0.4) is 0 Å². The molecule has 2 aliphatic rings. The van der Waals surface area contributed by atoms with Crippen molar-refractivity contribution in [1.82, 2.24) is 15.1 Å². The maximum absolute atomic E-state index is 12.5. The van der Waals surface area contributed by atoms with Gasteiger partial charge < -0.3 is 9.32 Å². The van der Waals surface area contributed by atoms with E-state index in [1.807, 2.05) is 4.90 Å². The van der Waals surface area contributed by atoms with Crippen LogP contribution in [0.1, 0.15) is 50.8 Å². The van der Waals surface area contributed by atoms with Crippen LogP contribution in [0.25, 0.3) is 0 Å². The molecule has 1 aromatic heterocycles. The van der Waals surface area contributed by atoms with Crippen LogP contribution in [0, 0.1) is 5.92 Å². The normalized spacial score (nSPS) is 24.0. The van der Waals surface area contributed by atoms with Crippen LogP contribution < -0.4 is 5.76 Å². The third kappa shape index (κ3) is 3.09. The van der Waals surface area contributed by atoms with E-state index >= 15 is 0 Å². The Hall–Kier alpha value is -1.85. The van der Waals surface area contributed by atoms with Gasteiger partial charge in [-0.2, -0.15) is 0 Å². The molecule has 0 unspecified atom stereocenters. The Labute approximate surface area is 123 Å². The van der Waals surface area contributed by atoms with E-state index in [9.17, 15) is 9.59 Å². The van der Waals surface area contributed by atoms with Crippen molar-refractivity contribution in [2.45, 2.75) is 44.9 Å². The van der Waals surface area contributed by atoms with E-state index in [-0.39, 0.29) is 17.7 Å². The number of nitrogens with one attached hydrogen (secondary N) is 1. The molecule has 0 aromatic carbocycles. The van der Waals surface area contributed by atoms with Gasteiger partial charge in [0.05, 0.1) is 0 Å². The van der Waals surface area contributed by atoms with Crippen LogP contribution >= 0.6 is 0 Å². The molecule has 2 heterocycles. The van der Waals surface area contributed by atoms with Crippen molar-refractivity contribution in [3.05, 3.63) is 28.1 Å². The molecule has 1 fully saturated rings. The zero-order valence-corrected chi connectivity index (χ0v) is 12.3. The molecule has 1 aliphatic heterocycles. The first-order chi connectivity index (χ1) is 10.1. The number of likely N-dealkylation sites (tertiary alicyclic amines) is 1. The molecule has 1 N–H and O–H groups in total. The van der Waals surface area contributed by atoms with Crippen molar-refractivity contribution in [3.8, 4) is 0 Å². The molecule has 6 heteroatoms. The molecule has 1 saturated heterocycles. The lowest BCUT2D eigenvalue weighted by Gasteiger charge is -2.33. The molecule has 0 saturated carbocycles. The van der Waals surface area contributed by atoms with E-state index in [0.29, 0.717) is 5.89 Å². The number of allylic oxidation sites excluding steroid dienone is 2. The minimum atomic E-state index is -0.507. The number of aromatic amines is 1. The first-order valence-corrected chi connectivity index (χ1v) is 7.63. The van der Waals surface area contributed by atoms with Crippen LogP contribution in [-0.4, -0.2) is 34.1 Å². The lowest BCUT2D eigenvalue weighted by Crippen LogP contribution is -2.41. The third-order valence-corrected chi connectivity index (χ3v) is 4.60. The highest BCUT2D eigenvalue weighted by Gasteiger charge is 2.30. The van der Waals surface area contributed by atoms with E-state index in [1.54, 1.807) is 0 Å². The number of carbonyl (C=O) groups is 1. The van der Waals surface area contributed by atoms with Gasteiger partial charge in [0.15, 0.2) is 0 Å². The van der Waals surface area contributed by atoms with Crippen LogP contribution in [0.15, 0.2) is 20.9 Å². The smallest absolute Gasteiger partial charge is 0.392 e. The predicted octanol–water partition coefficient (Wildman–Crippen LogP) is 1.82. The first kappa shape index (κ1) is 14.1. The van der Waals surface area contributed by atoms with Gasteiger partial charge in [-0.15, -0.1) is 5.10 Å². The van der Waals surface area contributed by atoms with Crippen molar-refractivity contribution in [1.29, 1.82) is 0 Å². The number of nitrogens with zero attached hydrogens (tertiary/aromatic N) is 2. The molecule has 1 aromatic rings. The van der Waals surface area contributed by atoms with E-state index < -0.39 is 5.76 Å². The summed E-state index contributed by atoms with van der Waals surface area (Å²) in [4.78, 5) is 25.5. The summed E-state index contributed by atoms with van der Waals surface area (Å²) in [6, 6.07) is 0. The second-order valence-electron chi connectivity index (χ2n) is 6.07. The molecule has 1 atom stereocenters. The van der Waals surface area contributed by atoms with Gasteiger partial charge in [-0.05, 0) is 39.0 Å². The summed E-state index contributed by atoms with van der Waals surface area (Å²) in [7, 11) is 0. The van der Waals surface area contributed by atoms with E-state index in [1.165, 1.54) is 5.57 Å². The molecule has 21 heavy (non-hydrogen) atoms. The molecular formula is C15H21N3O3. The SMILES string of the molecule is CC1=CC[C@H](C(=O)N2CCC(c3n[nH]c(=O)o3)CC2)CC1. The third-order valence-electron chi connectivity index (χ3n) is 4.60. The second-order valence-corrected chi connectivity index (χ2v) is 6.07. The van der Waals surface area contributed by atoms with E-state index in [2.05, 4.69) is 23.2 Å². The summed E-state index contributed by atoms with van der Waals surface area (Å²) in [5, 5.41) is 6.19. The molecule has 1 aliphatic carbocycles. The zero-order chi connectivity index (χ0) is 14.8. The topological polar surface area (TPSA) is 79.2 Å². The van der Waals surface area contributed by atoms with Crippen LogP contribution in [0.4, 0.5) is 0 Å². The zero-order valence-electron chi connectivity index (χ0n) is 12.3. The average Bonchev–Trinajstić information content (AvgIpc) is 2.94. The van der Waals surface area contributed by atoms with Crippen molar-refractivity contribution in [2.75, 3.05) is 13.1 Å². The van der Waals surface area contributed by atoms with Gasteiger partial charge in [0.2, 0.25) is 11.8 Å². The molecule has 114 valence electrons. The van der Waals surface area contributed by atoms with Gasteiger partial charge in [-0.25, -0.2) is 9.89 Å². The highest BCUT2D eigenvalue weighted by atomic mass is 16.4. The highest BCUT2D eigenvalue weighted by molar-refractivity contribution is 5.79. The number of hydrogen-bond acceptors (Lipinski definition) is 4. The second kappa shape index (κ2) is 5.87. The summed E-state index contributed by atoms with van der Waals surface area (Å²) < 4.78 is 5.01. The van der Waals surface area contributed by atoms with Crippen molar-refractivity contribution in [2.24, 2.45) is 5.92 Å². The number of rotatable bonds is 2. The maximum atomic E-state index is 12.5. The Morgan fingerprint density at radius 2 is 2.14 bits per heavy atom. The molecule has 0 spiro atoms. The molecule has 1 amide bonds. The standard InChI is InChI=1S/C15H21N3O3/c1-10-2-4-12(5-3-10)14(19)18-8-6-11(7-9-18)13-16-17-15(20)21-13/h2,11-12H,3-9H2,1H3,(H,17,20)/t12-/m0/s1. The largest absolute Gasteiger partial charge is 0.434 e. The predicted molar refractivity (Wildman–Crippen MR) is 76.8 cm³/mol. The van der Waals surface area contributed by atoms with Gasteiger partial charge in [0.1, 0.15) is 0 Å². The fourth-order valence-electron chi connectivity index (χ4n) is 3.21. The number of amides is 1. The lowest BCUT2D eigenvalue weighted by molar-refractivity contribution is -0.137. The molecular weight excluding hydrogens is 270 g/mol. The molecule has 3 rings (SSSR count). The summed E-state index contributed by atoms with van der Waals surface area (Å²) in [5.74, 6) is 0.534. The summed E-state index contributed by atoms with van der Waals surface area (Å²) >= 11 is 0. The minimum Gasteiger partial charge on any atom is -0.392 e. The van der Waals surface area contributed by atoms with Crippen LogP contribution in [0.5, 0.6) is 0 Å². The molecule has 6 nitrogen and oxygen atoms in total. The minimum absolute atomic E-state index is 0.140. The highest BCUT2D eigenvalue weighted by Crippen LogP contribution is 2.29. The number of carbonyl (C=O) groups excluding carboxylic acids is 1. The monoisotopic (exact) mass is 291 g/mol. The van der Waals surface area contributed by atoms with E-state index in [0.717, 1.165) is 45.2 Å². The van der Waals surface area contributed by atoms with Gasteiger partial charge in [-0.1, -0.05) is 11.6 Å². The number of hydrogen-bond donors (Lipinski definition) is 1. The van der Waals surface area contributed by atoms with Gasteiger partial charge in [0, 0.05) is 24.9 Å². The molecule has 0 radical (unpaired) electrons. The first-order valence-electron chi connectivity index (χ1n) is 7.63. The van der Waals surface area contributed by atoms with Gasteiger partial charge in [-0.3, -0.25) is 4.79 Å². The van der Waals surface area contributed by atoms with Gasteiger partial charge >= 0.3 is 5.76 Å². The van der Waals surface area contributed by atoms with Crippen LogP contribution in [0.2, 0.25) is 0 Å². The Morgan fingerprint density at radius 3 is 2.71 bits per heavy atom. The summed E-state index contributed by atoms with van der Waals surface area (Å²) in [6.45, 7) is 3.57. The Balaban J connectivity index is 1.56. The Morgan fingerprint density at radius 1 is 1.38 bits per heavy atom. The number of aromatic nitrogens is 2. The lowest BCUT2D eigenvalue weighted by atomic mass is 9.88. The molecule has 0 bridgehead atoms. The number of piperidine rings is 1. The summed E-state index contributed by atoms with van der Waals surface area (Å²) in [6.07, 6.45) is 6.68. The maximum Gasteiger partial charge on any atom is 0.434 e. The van der Waals surface area contributed by atoms with Crippen LogP contribution in [-0.2, 0) is 4.79 Å². The Kier molecular flexibility index (Phi) is 3.94. The van der Waals surface area contributed by atoms with Crippen molar-refractivity contribution in [3.63, 3.8) is 0 Å². The van der Waals surface area contributed by atoms with Crippen molar-refractivity contribution >= 4 is 5.91 Å². The van der Waals surface area contributed by atoms with E-state index in [4.69, 9.17) is 4.42 Å².